The largest absolute Gasteiger partial charge is 0.399 e. The first-order chi connectivity index (χ1) is 5.74. The maximum absolute atomic E-state index is 5.77. The molecule has 66 valence electrons. The predicted octanol–water partition coefficient (Wildman–Crippen LogP) is 2.19. The van der Waals surface area contributed by atoms with Gasteiger partial charge in [-0.3, -0.25) is 0 Å². The van der Waals surface area contributed by atoms with Gasteiger partial charge in [0.15, 0.2) is 0 Å². The van der Waals surface area contributed by atoms with E-state index in [9.17, 15) is 0 Å². The molecular formula is C10H16N2. The van der Waals surface area contributed by atoms with E-state index < -0.39 is 0 Å². The molecule has 0 saturated carbocycles. The van der Waals surface area contributed by atoms with Crippen LogP contribution in [0.1, 0.15) is 25.3 Å². The number of unbranched alkanes of at least 4 members (excludes halogenated alkanes) is 1. The molecule has 0 radical (unpaired) electrons. The molecule has 1 rings (SSSR count). The van der Waals surface area contributed by atoms with Crippen molar-refractivity contribution >= 4 is 11.4 Å². The molecule has 0 aliphatic carbocycles. The molecule has 0 aromatic heterocycles. The second-order valence-corrected chi connectivity index (χ2v) is 3.06. The van der Waals surface area contributed by atoms with Crippen LogP contribution in [0.3, 0.4) is 0 Å². The van der Waals surface area contributed by atoms with Gasteiger partial charge in [0, 0.05) is 11.4 Å². The Labute approximate surface area is 73.6 Å². The highest BCUT2D eigenvalue weighted by molar-refractivity contribution is 5.55. The van der Waals surface area contributed by atoms with E-state index in [1.807, 2.05) is 18.2 Å². The normalized spacial score (nSPS) is 10.1. The monoisotopic (exact) mass is 164 g/mol. The zero-order valence-corrected chi connectivity index (χ0v) is 7.51. The summed E-state index contributed by atoms with van der Waals surface area (Å²) in [5, 5.41) is 0. The summed E-state index contributed by atoms with van der Waals surface area (Å²) < 4.78 is 0. The van der Waals surface area contributed by atoms with E-state index in [0.717, 1.165) is 17.8 Å². The molecule has 2 heteroatoms. The Balaban J connectivity index is 2.75. The van der Waals surface area contributed by atoms with Gasteiger partial charge in [-0.2, -0.15) is 0 Å². The van der Waals surface area contributed by atoms with Crippen LogP contribution in [0.5, 0.6) is 0 Å². The van der Waals surface area contributed by atoms with Crippen molar-refractivity contribution in [1.82, 2.24) is 0 Å². The smallest absolute Gasteiger partial charge is 0.0348 e. The second-order valence-electron chi connectivity index (χ2n) is 3.06. The van der Waals surface area contributed by atoms with E-state index in [1.165, 1.54) is 18.4 Å². The topological polar surface area (TPSA) is 52.0 Å². The number of hydrogen-bond donors (Lipinski definition) is 2. The maximum Gasteiger partial charge on any atom is 0.0348 e. The van der Waals surface area contributed by atoms with Gasteiger partial charge in [-0.1, -0.05) is 13.3 Å². The van der Waals surface area contributed by atoms with Gasteiger partial charge >= 0.3 is 0 Å². The zero-order chi connectivity index (χ0) is 8.97. The highest BCUT2D eigenvalue weighted by atomic mass is 14.6. The molecule has 12 heavy (non-hydrogen) atoms. The van der Waals surface area contributed by atoms with E-state index in [1.54, 1.807) is 0 Å². The highest BCUT2D eigenvalue weighted by Gasteiger charge is 1.98. The lowest BCUT2D eigenvalue weighted by atomic mass is 10.1. The molecule has 0 aliphatic heterocycles. The van der Waals surface area contributed by atoms with Crippen LogP contribution < -0.4 is 11.5 Å². The Kier molecular flexibility index (Phi) is 2.97. The lowest BCUT2D eigenvalue weighted by Gasteiger charge is -2.05. The number of nitrogen functional groups attached to an aromatic ring is 2. The van der Waals surface area contributed by atoms with Crippen molar-refractivity contribution in [1.29, 1.82) is 0 Å². The number of hydrogen-bond acceptors (Lipinski definition) is 2. The van der Waals surface area contributed by atoms with Crippen LogP contribution in [-0.2, 0) is 6.42 Å². The fourth-order valence-electron chi connectivity index (χ4n) is 1.21. The number of rotatable bonds is 3. The molecule has 0 unspecified atom stereocenters. The van der Waals surface area contributed by atoms with Crippen molar-refractivity contribution < 1.29 is 0 Å². The SMILES string of the molecule is CCCCc1cc(N)ccc1N. The molecule has 0 bridgehead atoms. The van der Waals surface area contributed by atoms with E-state index in [0.29, 0.717) is 0 Å². The second kappa shape index (κ2) is 4.00. The van der Waals surface area contributed by atoms with Crippen molar-refractivity contribution in [2.75, 3.05) is 11.5 Å². The van der Waals surface area contributed by atoms with Gasteiger partial charge in [0.05, 0.1) is 0 Å². The fourth-order valence-corrected chi connectivity index (χ4v) is 1.21. The lowest BCUT2D eigenvalue weighted by molar-refractivity contribution is 0.797. The molecule has 4 N–H and O–H groups in total. The van der Waals surface area contributed by atoms with Crippen molar-refractivity contribution in [3.05, 3.63) is 23.8 Å². The number of aryl methyl sites for hydroxylation is 1. The van der Waals surface area contributed by atoms with Crippen molar-refractivity contribution in [3.63, 3.8) is 0 Å². The molecule has 0 atom stereocenters. The van der Waals surface area contributed by atoms with E-state index in [2.05, 4.69) is 6.92 Å². The van der Waals surface area contributed by atoms with Crippen molar-refractivity contribution in [3.8, 4) is 0 Å². The molecule has 0 saturated heterocycles. The Hall–Kier alpha value is -1.18. The first-order valence-electron chi connectivity index (χ1n) is 4.38. The summed E-state index contributed by atoms with van der Waals surface area (Å²) in [7, 11) is 0. The Bertz CT molecular complexity index is 256. The number of nitrogens with two attached hydrogens (primary N) is 2. The van der Waals surface area contributed by atoms with Crippen molar-refractivity contribution in [2.45, 2.75) is 26.2 Å². The summed E-state index contributed by atoms with van der Waals surface area (Å²) in [6.45, 7) is 2.17. The van der Waals surface area contributed by atoms with Crippen LogP contribution in [0.15, 0.2) is 18.2 Å². The minimum Gasteiger partial charge on any atom is -0.399 e. The Morgan fingerprint density at radius 2 is 2.00 bits per heavy atom. The quantitative estimate of drug-likeness (QED) is 0.673. The Morgan fingerprint density at radius 3 is 2.67 bits per heavy atom. The molecular weight excluding hydrogens is 148 g/mol. The van der Waals surface area contributed by atoms with Crippen LogP contribution in [0.2, 0.25) is 0 Å². The summed E-state index contributed by atoms with van der Waals surface area (Å²) in [5.41, 5.74) is 14.3. The first-order valence-corrected chi connectivity index (χ1v) is 4.38. The van der Waals surface area contributed by atoms with Gasteiger partial charge in [0.1, 0.15) is 0 Å². The van der Waals surface area contributed by atoms with E-state index >= 15 is 0 Å². The summed E-state index contributed by atoms with van der Waals surface area (Å²) in [4.78, 5) is 0. The third-order valence-corrected chi connectivity index (χ3v) is 1.97. The first kappa shape index (κ1) is 8.91. The lowest BCUT2D eigenvalue weighted by Crippen LogP contribution is -1.96. The van der Waals surface area contributed by atoms with Crippen LogP contribution in [-0.4, -0.2) is 0 Å². The molecule has 0 spiro atoms. The summed E-state index contributed by atoms with van der Waals surface area (Å²) in [6, 6.07) is 5.68. The van der Waals surface area contributed by atoms with Crippen LogP contribution in [0.25, 0.3) is 0 Å². The van der Waals surface area contributed by atoms with E-state index in [4.69, 9.17) is 11.5 Å². The van der Waals surface area contributed by atoms with Crippen LogP contribution in [0, 0.1) is 0 Å². The minimum absolute atomic E-state index is 0.801. The van der Waals surface area contributed by atoms with Gasteiger partial charge in [0.2, 0.25) is 0 Å². The Morgan fingerprint density at radius 1 is 1.25 bits per heavy atom. The molecule has 1 aromatic carbocycles. The molecule has 1 aromatic rings. The highest BCUT2D eigenvalue weighted by Crippen LogP contribution is 2.17. The van der Waals surface area contributed by atoms with Gasteiger partial charge in [-0.05, 0) is 36.6 Å². The maximum atomic E-state index is 5.77. The van der Waals surface area contributed by atoms with Gasteiger partial charge in [-0.25, -0.2) is 0 Å². The predicted molar refractivity (Wildman–Crippen MR) is 53.9 cm³/mol. The van der Waals surface area contributed by atoms with Crippen LogP contribution >= 0.6 is 0 Å². The molecule has 0 aliphatic rings. The molecule has 0 fully saturated rings. The van der Waals surface area contributed by atoms with Gasteiger partial charge in [-0.15, -0.1) is 0 Å². The van der Waals surface area contributed by atoms with Gasteiger partial charge in [0.25, 0.3) is 0 Å². The summed E-state index contributed by atoms with van der Waals surface area (Å²) in [6.07, 6.45) is 3.40. The average molecular weight is 164 g/mol. The molecule has 0 amide bonds. The molecule has 2 nitrogen and oxygen atoms in total. The summed E-state index contributed by atoms with van der Waals surface area (Å²) in [5.74, 6) is 0. The molecule has 0 heterocycles. The minimum atomic E-state index is 0.801. The fraction of sp³-hybridized carbons (Fsp3) is 0.400. The van der Waals surface area contributed by atoms with Crippen LogP contribution in [0.4, 0.5) is 11.4 Å². The number of benzene rings is 1. The van der Waals surface area contributed by atoms with Crippen molar-refractivity contribution in [2.24, 2.45) is 0 Å². The van der Waals surface area contributed by atoms with Gasteiger partial charge < -0.3 is 11.5 Å². The third kappa shape index (κ3) is 2.16. The zero-order valence-electron chi connectivity index (χ0n) is 7.51. The van der Waals surface area contributed by atoms with E-state index in [-0.39, 0.29) is 0 Å². The summed E-state index contributed by atoms with van der Waals surface area (Å²) >= 11 is 0. The standard InChI is InChI=1S/C10H16N2/c1-2-3-4-8-7-9(11)5-6-10(8)12/h5-7H,2-4,11-12H2,1H3. The average Bonchev–Trinajstić information content (AvgIpc) is 2.07. The number of anilines is 2. The third-order valence-electron chi connectivity index (χ3n) is 1.97.